The highest BCUT2D eigenvalue weighted by molar-refractivity contribution is 6.32. The maximum Gasteiger partial charge on any atom is 0.433 e. The molecule has 1 aromatic heterocycles. The van der Waals surface area contributed by atoms with Crippen LogP contribution in [0.3, 0.4) is 0 Å². The molecule has 0 atom stereocenters. The average Bonchev–Trinajstić information content (AvgIpc) is 2.67. The monoisotopic (exact) mass is 449 g/mol. The van der Waals surface area contributed by atoms with Crippen LogP contribution in [0.15, 0.2) is 47.3 Å². The number of anilines is 1. The highest BCUT2D eigenvalue weighted by Gasteiger charge is 2.34. The van der Waals surface area contributed by atoms with Gasteiger partial charge in [-0.15, -0.1) is 0 Å². The lowest BCUT2D eigenvalue weighted by Crippen LogP contribution is -2.29. The van der Waals surface area contributed by atoms with Gasteiger partial charge >= 0.3 is 11.9 Å². The first-order valence-corrected chi connectivity index (χ1v) is 9.61. The van der Waals surface area contributed by atoms with E-state index in [0.29, 0.717) is 0 Å². The Kier molecular flexibility index (Phi) is 5.96. The Morgan fingerprint density at radius 2 is 1.68 bits per heavy atom. The standard InChI is InChI=1S/C22H19ClF3N3O2/c1-12-6-5-7-13(2)19(12)28(4)20(30)15-8-9-16(23)17(11-15)29-14(3)10-18(22(24,25)26)27-21(29)31/h5-11H,1-4H3. The van der Waals surface area contributed by atoms with Crippen LogP contribution in [0.2, 0.25) is 5.02 Å². The molecule has 0 saturated carbocycles. The van der Waals surface area contributed by atoms with Crippen molar-refractivity contribution in [2.75, 3.05) is 11.9 Å². The summed E-state index contributed by atoms with van der Waals surface area (Å²) in [6, 6.07) is 10.7. The summed E-state index contributed by atoms with van der Waals surface area (Å²) >= 11 is 6.22. The fourth-order valence-electron chi connectivity index (χ4n) is 3.48. The lowest BCUT2D eigenvalue weighted by atomic mass is 10.1. The molecule has 0 saturated heterocycles. The van der Waals surface area contributed by atoms with Crippen molar-refractivity contribution in [3.05, 3.63) is 86.0 Å². The van der Waals surface area contributed by atoms with Gasteiger partial charge in [-0.1, -0.05) is 29.8 Å². The van der Waals surface area contributed by atoms with E-state index in [1.165, 1.54) is 30.0 Å². The van der Waals surface area contributed by atoms with Gasteiger partial charge in [0.25, 0.3) is 5.91 Å². The first kappa shape index (κ1) is 22.6. The molecule has 162 valence electrons. The van der Waals surface area contributed by atoms with Crippen molar-refractivity contribution >= 4 is 23.2 Å². The Morgan fingerprint density at radius 3 is 2.23 bits per heavy atom. The molecule has 0 N–H and O–H groups in total. The summed E-state index contributed by atoms with van der Waals surface area (Å²) < 4.78 is 39.8. The number of aryl methyl sites for hydroxylation is 3. The van der Waals surface area contributed by atoms with E-state index in [1.54, 1.807) is 7.05 Å². The van der Waals surface area contributed by atoms with Crippen molar-refractivity contribution in [3.63, 3.8) is 0 Å². The van der Waals surface area contributed by atoms with Gasteiger partial charge in [0.1, 0.15) is 0 Å². The zero-order valence-corrected chi connectivity index (χ0v) is 18.0. The third-order valence-corrected chi connectivity index (χ3v) is 5.23. The van der Waals surface area contributed by atoms with E-state index in [9.17, 15) is 22.8 Å². The van der Waals surface area contributed by atoms with E-state index in [4.69, 9.17) is 11.6 Å². The van der Waals surface area contributed by atoms with Gasteiger partial charge in [0.2, 0.25) is 0 Å². The zero-order chi connectivity index (χ0) is 23.1. The van der Waals surface area contributed by atoms with Crippen molar-refractivity contribution in [1.29, 1.82) is 0 Å². The van der Waals surface area contributed by atoms with Crippen LogP contribution < -0.4 is 10.6 Å². The van der Waals surface area contributed by atoms with Gasteiger partial charge in [0.15, 0.2) is 5.69 Å². The minimum Gasteiger partial charge on any atom is -0.311 e. The van der Waals surface area contributed by atoms with Crippen molar-refractivity contribution in [1.82, 2.24) is 9.55 Å². The first-order valence-electron chi connectivity index (χ1n) is 9.24. The molecule has 1 amide bonds. The van der Waals surface area contributed by atoms with Gasteiger partial charge < -0.3 is 4.90 Å². The molecule has 0 aliphatic carbocycles. The molecule has 0 spiro atoms. The normalized spacial score (nSPS) is 11.5. The van der Waals surface area contributed by atoms with Gasteiger partial charge in [-0.3, -0.25) is 9.36 Å². The highest BCUT2D eigenvalue weighted by atomic mass is 35.5. The number of rotatable bonds is 3. The summed E-state index contributed by atoms with van der Waals surface area (Å²) in [6.07, 6.45) is -4.75. The molecule has 1 heterocycles. The lowest BCUT2D eigenvalue weighted by molar-refractivity contribution is -0.141. The maximum atomic E-state index is 13.1. The van der Waals surface area contributed by atoms with Crippen molar-refractivity contribution in [2.45, 2.75) is 26.9 Å². The number of nitrogens with zero attached hydrogens (tertiary/aromatic N) is 3. The highest BCUT2D eigenvalue weighted by Crippen LogP contribution is 2.29. The fraction of sp³-hybridized carbons (Fsp3) is 0.227. The number of aromatic nitrogens is 2. The Morgan fingerprint density at radius 1 is 1.06 bits per heavy atom. The van der Waals surface area contributed by atoms with Crippen molar-refractivity contribution in [3.8, 4) is 5.69 Å². The van der Waals surface area contributed by atoms with Crippen molar-refractivity contribution < 1.29 is 18.0 Å². The summed E-state index contributed by atoms with van der Waals surface area (Å²) in [6.45, 7) is 5.11. The molecule has 0 bridgehead atoms. The number of para-hydroxylation sites is 1. The molecule has 3 aromatic rings. The number of amides is 1. The zero-order valence-electron chi connectivity index (χ0n) is 17.2. The minimum absolute atomic E-state index is 0.0121. The molecule has 0 aliphatic heterocycles. The van der Waals surface area contributed by atoms with Gasteiger partial charge in [-0.2, -0.15) is 18.2 Å². The second kappa shape index (κ2) is 8.19. The average molecular weight is 450 g/mol. The Bertz CT molecular complexity index is 1220. The van der Waals surface area contributed by atoms with Crippen LogP contribution in [-0.4, -0.2) is 22.5 Å². The quantitative estimate of drug-likeness (QED) is 0.558. The Hall–Kier alpha value is -3.13. The molecule has 0 fully saturated rings. The summed E-state index contributed by atoms with van der Waals surface area (Å²) in [4.78, 5) is 30.1. The van der Waals surface area contributed by atoms with Crippen LogP contribution in [0.25, 0.3) is 5.69 Å². The van der Waals surface area contributed by atoms with Crippen LogP contribution in [0.5, 0.6) is 0 Å². The molecular formula is C22H19ClF3N3O2. The molecule has 0 unspecified atom stereocenters. The molecule has 0 radical (unpaired) electrons. The molecular weight excluding hydrogens is 431 g/mol. The molecule has 9 heteroatoms. The third kappa shape index (κ3) is 4.34. The molecule has 2 aromatic carbocycles. The van der Waals surface area contributed by atoms with Crippen LogP contribution in [0.4, 0.5) is 18.9 Å². The number of hydrogen-bond acceptors (Lipinski definition) is 3. The SMILES string of the molecule is Cc1cccc(C)c1N(C)C(=O)c1ccc(Cl)c(-n2c(C)cc(C(F)(F)F)nc2=O)c1. The fourth-order valence-corrected chi connectivity index (χ4v) is 3.69. The largest absolute Gasteiger partial charge is 0.433 e. The van der Waals surface area contributed by atoms with E-state index >= 15 is 0 Å². The third-order valence-electron chi connectivity index (χ3n) is 4.91. The molecule has 5 nitrogen and oxygen atoms in total. The number of carbonyl (C=O) groups is 1. The Balaban J connectivity index is 2.10. The van der Waals surface area contributed by atoms with Gasteiger partial charge in [-0.25, -0.2) is 4.79 Å². The van der Waals surface area contributed by atoms with E-state index in [0.717, 1.165) is 27.4 Å². The first-order chi connectivity index (χ1) is 14.4. The summed E-state index contributed by atoms with van der Waals surface area (Å²) in [5.74, 6) is -0.360. The van der Waals surface area contributed by atoms with E-state index in [1.807, 2.05) is 32.0 Å². The summed E-state index contributed by atoms with van der Waals surface area (Å²) in [7, 11) is 1.63. The van der Waals surface area contributed by atoms with Crippen LogP contribution in [-0.2, 0) is 6.18 Å². The minimum atomic E-state index is -4.75. The van der Waals surface area contributed by atoms with Gasteiger partial charge in [-0.05, 0) is 56.2 Å². The Labute approximate surface area is 181 Å². The predicted molar refractivity (Wildman–Crippen MR) is 113 cm³/mol. The van der Waals surface area contributed by atoms with Crippen LogP contribution in [0, 0.1) is 20.8 Å². The number of hydrogen-bond donors (Lipinski definition) is 0. The number of carbonyl (C=O) groups excluding carboxylic acids is 1. The number of benzene rings is 2. The molecule has 3 rings (SSSR count). The van der Waals surface area contributed by atoms with E-state index < -0.39 is 17.6 Å². The topological polar surface area (TPSA) is 55.2 Å². The summed E-state index contributed by atoms with van der Waals surface area (Å²) in [5, 5.41) is 0.0954. The van der Waals surface area contributed by atoms with E-state index in [2.05, 4.69) is 4.98 Å². The van der Waals surface area contributed by atoms with Crippen LogP contribution in [0.1, 0.15) is 32.9 Å². The number of halogens is 4. The van der Waals surface area contributed by atoms with Crippen LogP contribution >= 0.6 is 11.6 Å². The predicted octanol–water partition coefficient (Wildman–Crippen LogP) is 5.11. The van der Waals surface area contributed by atoms with Gasteiger partial charge in [0, 0.05) is 24.0 Å². The van der Waals surface area contributed by atoms with Crippen molar-refractivity contribution in [2.24, 2.45) is 0 Å². The molecule has 31 heavy (non-hydrogen) atoms. The smallest absolute Gasteiger partial charge is 0.311 e. The number of alkyl halides is 3. The summed E-state index contributed by atoms with van der Waals surface area (Å²) in [5.41, 5.74) is 0.414. The second-order valence-corrected chi connectivity index (χ2v) is 7.58. The van der Waals surface area contributed by atoms with Gasteiger partial charge in [0.05, 0.1) is 10.7 Å². The lowest BCUT2D eigenvalue weighted by Gasteiger charge is -2.22. The van der Waals surface area contributed by atoms with E-state index in [-0.39, 0.29) is 27.9 Å². The second-order valence-electron chi connectivity index (χ2n) is 7.17. The maximum absolute atomic E-state index is 13.1. The molecule has 0 aliphatic rings.